The van der Waals surface area contributed by atoms with Gasteiger partial charge in [0.2, 0.25) is 15.9 Å². The number of hydrogen-bond acceptors (Lipinski definition) is 5. The summed E-state index contributed by atoms with van der Waals surface area (Å²) in [6, 6.07) is 3.93. The number of primary amides is 1. The standard InChI is InChI=1S/C10H15N3O4S/c1-17-8-3-2-7(10(12)14)6-9(8)18(15,16)13-5-4-11/h2-3,6,13H,4-5,11H2,1H3,(H2,12,14). The molecule has 0 fully saturated rings. The normalized spacial score (nSPS) is 11.2. The van der Waals surface area contributed by atoms with Gasteiger partial charge in [-0.25, -0.2) is 13.1 Å². The van der Waals surface area contributed by atoms with E-state index in [9.17, 15) is 13.2 Å². The lowest BCUT2D eigenvalue weighted by Gasteiger charge is -2.11. The Morgan fingerprint density at radius 3 is 2.61 bits per heavy atom. The third-order valence-corrected chi connectivity index (χ3v) is 3.66. The number of nitrogens with one attached hydrogen (secondary N) is 1. The Morgan fingerprint density at radius 1 is 1.44 bits per heavy atom. The van der Waals surface area contributed by atoms with Gasteiger partial charge in [0, 0.05) is 18.7 Å². The first-order chi connectivity index (χ1) is 8.42. The lowest BCUT2D eigenvalue weighted by molar-refractivity contribution is 0.1000. The Labute approximate surface area is 105 Å². The zero-order valence-corrected chi connectivity index (χ0v) is 10.7. The third kappa shape index (κ3) is 3.19. The lowest BCUT2D eigenvalue weighted by atomic mass is 10.2. The van der Waals surface area contributed by atoms with Crippen LogP contribution in [0.1, 0.15) is 10.4 Å². The zero-order chi connectivity index (χ0) is 13.8. The van der Waals surface area contributed by atoms with Crippen molar-refractivity contribution in [2.24, 2.45) is 11.5 Å². The van der Waals surface area contributed by atoms with Gasteiger partial charge < -0.3 is 16.2 Å². The molecule has 0 saturated heterocycles. The Hall–Kier alpha value is -1.64. The van der Waals surface area contributed by atoms with Gasteiger partial charge >= 0.3 is 0 Å². The van der Waals surface area contributed by atoms with Crippen molar-refractivity contribution in [3.05, 3.63) is 23.8 Å². The van der Waals surface area contributed by atoms with E-state index in [0.717, 1.165) is 0 Å². The van der Waals surface area contributed by atoms with E-state index in [2.05, 4.69) is 4.72 Å². The largest absolute Gasteiger partial charge is 0.495 e. The number of carbonyl (C=O) groups is 1. The average Bonchev–Trinajstić information content (AvgIpc) is 2.35. The van der Waals surface area contributed by atoms with Crippen molar-refractivity contribution in [2.75, 3.05) is 20.2 Å². The van der Waals surface area contributed by atoms with Gasteiger partial charge in [0.15, 0.2) is 0 Å². The summed E-state index contributed by atoms with van der Waals surface area (Å²) in [5.74, 6) is -0.586. The molecule has 1 amide bonds. The molecule has 0 aliphatic rings. The van der Waals surface area contributed by atoms with Crippen LogP contribution in [-0.4, -0.2) is 34.5 Å². The van der Waals surface area contributed by atoms with Crippen LogP contribution >= 0.6 is 0 Å². The van der Waals surface area contributed by atoms with Gasteiger partial charge in [-0.05, 0) is 18.2 Å². The highest BCUT2D eigenvalue weighted by molar-refractivity contribution is 7.89. The van der Waals surface area contributed by atoms with Gasteiger partial charge in [-0.15, -0.1) is 0 Å². The lowest BCUT2D eigenvalue weighted by Crippen LogP contribution is -2.29. The van der Waals surface area contributed by atoms with Gasteiger partial charge in [0.1, 0.15) is 10.6 Å². The van der Waals surface area contributed by atoms with Crippen LogP contribution in [0.3, 0.4) is 0 Å². The minimum absolute atomic E-state index is 0.0870. The van der Waals surface area contributed by atoms with Crippen LogP contribution in [-0.2, 0) is 10.0 Å². The Kier molecular flexibility index (Phi) is 4.65. The number of methoxy groups -OCH3 is 1. The third-order valence-electron chi connectivity index (χ3n) is 2.17. The van der Waals surface area contributed by atoms with E-state index in [0.29, 0.717) is 0 Å². The molecule has 0 heterocycles. The molecule has 0 aliphatic heterocycles. The Morgan fingerprint density at radius 2 is 2.11 bits per heavy atom. The van der Waals surface area contributed by atoms with Gasteiger partial charge in [-0.3, -0.25) is 4.79 Å². The van der Waals surface area contributed by atoms with Gasteiger partial charge in [-0.1, -0.05) is 0 Å². The molecule has 1 rings (SSSR count). The molecule has 0 aliphatic carbocycles. The number of sulfonamides is 1. The van der Waals surface area contributed by atoms with Crippen LogP contribution in [0.4, 0.5) is 0 Å². The van der Waals surface area contributed by atoms with E-state index >= 15 is 0 Å². The zero-order valence-electron chi connectivity index (χ0n) is 9.84. The summed E-state index contributed by atoms with van der Waals surface area (Å²) in [5, 5.41) is 0. The number of amides is 1. The molecule has 0 aromatic heterocycles. The van der Waals surface area contributed by atoms with Crippen molar-refractivity contribution in [1.82, 2.24) is 4.72 Å². The van der Waals surface area contributed by atoms with Crippen molar-refractivity contribution >= 4 is 15.9 Å². The minimum atomic E-state index is -3.78. The van der Waals surface area contributed by atoms with Crippen molar-refractivity contribution < 1.29 is 17.9 Å². The Balaban J connectivity index is 3.27. The molecule has 0 atom stereocenters. The van der Waals surface area contributed by atoms with E-state index in [1.165, 1.54) is 25.3 Å². The summed E-state index contributed by atoms with van der Waals surface area (Å²) in [5.41, 5.74) is 10.4. The van der Waals surface area contributed by atoms with E-state index in [4.69, 9.17) is 16.2 Å². The van der Waals surface area contributed by atoms with Crippen molar-refractivity contribution in [1.29, 1.82) is 0 Å². The molecule has 1 aromatic rings. The second-order valence-electron chi connectivity index (χ2n) is 3.42. The monoisotopic (exact) mass is 273 g/mol. The second kappa shape index (κ2) is 5.80. The van der Waals surface area contributed by atoms with Crippen molar-refractivity contribution in [3.8, 4) is 5.75 Å². The van der Waals surface area contributed by atoms with Gasteiger partial charge in [0.05, 0.1) is 7.11 Å². The molecule has 8 heteroatoms. The van der Waals surface area contributed by atoms with E-state index in [1.807, 2.05) is 0 Å². The first-order valence-corrected chi connectivity index (χ1v) is 6.58. The molecule has 0 spiro atoms. The fourth-order valence-corrected chi connectivity index (χ4v) is 2.55. The maximum absolute atomic E-state index is 11.9. The second-order valence-corrected chi connectivity index (χ2v) is 5.15. The first kappa shape index (κ1) is 14.4. The van der Waals surface area contributed by atoms with Crippen molar-refractivity contribution in [2.45, 2.75) is 4.90 Å². The average molecular weight is 273 g/mol. The fourth-order valence-electron chi connectivity index (χ4n) is 1.31. The Bertz CT molecular complexity index is 542. The van der Waals surface area contributed by atoms with Crippen LogP contribution in [0.2, 0.25) is 0 Å². The number of carbonyl (C=O) groups excluding carboxylic acids is 1. The molecule has 100 valence electrons. The summed E-state index contributed by atoms with van der Waals surface area (Å²) >= 11 is 0. The molecule has 0 radical (unpaired) electrons. The maximum atomic E-state index is 11.9. The predicted octanol–water partition coefficient (Wildman–Crippen LogP) is -0.969. The topological polar surface area (TPSA) is 125 Å². The maximum Gasteiger partial charge on any atom is 0.248 e. The van der Waals surface area contributed by atoms with Crippen LogP contribution in [0.5, 0.6) is 5.75 Å². The number of hydrogen-bond donors (Lipinski definition) is 3. The van der Waals surface area contributed by atoms with Gasteiger partial charge in [0.25, 0.3) is 0 Å². The summed E-state index contributed by atoms with van der Waals surface area (Å²) in [6.45, 7) is 0.253. The van der Waals surface area contributed by atoms with E-state index < -0.39 is 15.9 Å². The molecule has 7 nitrogen and oxygen atoms in total. The molecule has 0 saturated carbocycles. The SMILES string of the molecule is COc1ccc(C(N)=O)cc1S(=O)(=O)NCCN. The molecule has 1 aromatic carbocycles. The highest BCUT2D eigenvalue weighted by atomic mass is 32.2. The number of benzene rings is 1. The summed E-state index contributed by atoms with van der Waals surface area (Å²) in [4.78, 5) is 10.9. The number of ether oxygens (including phenoxy) is 1. The molecule has 0 unspecified atom stereocenters. The fraction of sp³-hybridized carbons (Fsp3) is 0.300. The molecular weight excluding hydrogens is 258 g/mol. The van der Waals surface area contributed by atoms with Crippen LogP contribution in [0, 0.1) is 0 Å². The van der Waals surface area contributed by atoms with Crippen LogP contribution < -0.4 is 20.9 Å². The molecule has 0 bridgehead atoms. The number of rotatable bonds is 6. The minimum Gasteiger partial charge on any atom is -0.495 e. The molecule has 18 heavy (non-hydrogen) atoms. The highest BCUT2D eigenvalue weighted by Crippen LogP contribution is 2.24. The van der Waals surface area contributed by atoms with Crippen molar-refractivity contribution in [3.63, 3.8) is 0 Å². The quantitative estimate of drug-likeness (QED) is 0.615. The predicted molar refractivity (Wildman–Crippen MR) is 65.8 cm³/mol. The van der Waals surface area contributed by atoms with Crippen LogP contribution in [0.25, 0.3) is 0 Å². The first-order valence-electron chi connectivity index (χ1n) is 5.10. The summed E-state index contributed by atoms with van der Waals surface area (Å²) in [7, 11) is -2.45. The highest BCUT2D eigenvalue weighted by Gasteiger charge is 2.20. The molecule has 5 N–H and O–H groups in total. The summed E-state index contributed by atoms with van der Waals surface area (Å²) in [6.07, 6.45) is 0. The molecular formula is C10H15N3O4S. The van der Waals surface area contributed by atoms with Crippen LogP contribution in [0.15, 0.2) is 23.1 Å². The smallest absolute Gasteiger partial charge is 0.248 e. The number of nitrogens with two attached hydrogens (primary N) is 2. The van der Waals surface area contributed by atoms with E-state index in [1.54, 1.807) is 0 Å². The summed E-state index contributed by atoms with van der Waals surface area (Å²) < 4.78 is 31.1. The van der Waals surface area contributed by atoms with E-state index in [-0.39, 0.29) is 29.3 Å². The van der Waals surface area contributed by atoms with Gasteiger partial charge in [-0.2, -0.15) is 0 Å².